The minimum absolute atomic E-state index is 0.0319. The maximum atomic E-state index is 11.9. The zero-order valence-corrected chi connectivity index (χ0v) is 10.5. The number of hydrogen-bond acceptors (Lipinski definition) is 4. The van der Waals surface area contributed by atoms with Gasteiger partial charge in [-0.15, -0.1) is 11.3 Å². The van der Waals surface area contributed by atoms with Crippen LogP contribution in [0.2, 0.25) is 0 Å². The van der Waals surface area contributed by atoms with E-state index in [1.54, 1.807) is 11.3 Å². The summed E-state index contributed by atoms with van der Waals surface area (Å²) in [6.07, 6.45) is 1.43. The van der Waals surface area contributed by atoms with Crippen molar-refractivity contribution in [3.05, 3.63) is 33.6 Å². The molecule has 0 aliphatic rings. The molecular formula is C11H14N4OS. The van der Waals surface area contributed by atoms with Gasteiger partial charge in [0.05, 0.1) is 12.2 Å². The topological polar surface area (TPSA) is 83.8 Å². The van der Waals surface area contributed by atoms with Crippen molar-refractivity contribution in [1.29, 1.82) is 0 Å². The van der Waals surface area contributed by atoms with E-state index in [1.165, 1.54) is 11.1 Å². The molecule has 1 amide bonds. The molecule has 0 fully saturated rings. The molecule has 2 aromatic heterocycles. The van der Waals surface area contributed by atoms with E-state index in [9.17, 15) is 4.79 Å². The number of nitrogens with one attached hydrogen (secondary N) is 2. The van der Waals surface area contributed by atoms with Crippen LogP contribution in [-0.4, -0.2) is 16.1 Å². The molecule has 0 saturated carbocycles. The predicted molar refractivity (Wildman–Crippen MR) is 67.9 cm³/mol. The van der Waals surface area contributed by atoms with E-state index in [0.717, 1.165) is 4.88 Å². The summed E-state index contributed by atoms with van der Waals surface area (Å²) in [5.74, 6) is 0.0758. The Morgan fingerprint density at radius 3 is 2.88 bits per heavy atom. The Labute approximate surface area is 103 Å². The molecule has 6 heteroatoms. The van der Waals surface area contributed by atoms with Gasteiger partial charge in [0.15, 0.2) is 0 Å². The van der Waals surface area contributed by atoms with Crippen molar-refractivity contribution in [1.82, 2.24) is 15.5 Å². The maximum Gasteiger partial charge on any atom is 0.257 e. The number of anilines is 1. The Morgan fingerprint density at radius 2 is 2.35 bits per heavy atom. The van der Waals surface area contributed by atoms with Crippen molar-refractivity contribution in [2.45, 2.75) is 19.9 Å². The fourth-order valence-corrected chi connectivity index (χ4v) is 2.39. The standard InChI is InChI=1S/C11H14N4OS/c1-6-3-4-9(17-6)7(2)14-11(16)8-5-13-15-10(8)12/h3-5,7H,1-2H3,(H,14,16)(H3,12,13,15). The molecule has 0 aliphatic heterocycles. The normalized spacial score (nSPS) is 12.4. The molecule has 17 heavy (non-hydrogen) atoms. The number of aryl methyl sites for hydroxylation is 1. The van der Waals surface area contributed by atoms with Gasteiger partial charge in [0.2, 0.25) is 0 Å². The number of amides is 1. The highest BCUT2D eigenvalue weighted by atomic mass is 32.1. The summed E-state index contributed by atoms with van der Waals surface area (Å²) < 4.78 is 0. The number of nitrogen functional groups attached to an aromatic ring is 1. The smallest absolute Gasteiger partial charge is 0.257 e. The van der Waals surface area contributed by atoms with E-state index in [4.69, 9.17) is 5.73 Å². The van der Waals surface area contributed by atoms with Gasteiger partial charge in [0, 0.05) is 9.75 Å². The lowest BCUT2D eigenvalue weighted by Gasteiger charge is -2.11. The predicted octanol–water partition coefficient (Wildman–Crippen LogP) is 1.85. The summed E-state index contributed by atoms with van der Waals surface area (Å²) in [6.45, 7) is 3.98. The molecule has 2 rings (SSSR count). The van der Waals surface area contributed by atoms with Crippen LogP contribution in [0.3, 0.4) is 0 Å². The van der Waals surface area contributed by atoms with Gasteiger partial charge in [0.25, 0.3) is 5.91 Å². The third-order valence-electron chi connectivity index (χ3n) is 2.45. The molecule has 90 valence electrons. The van der Waals surface area contributed by atoms with E-state index in [-0.39, 0.29) is 17.8 Å². The first-order valence-corrected chi connectivity index (χ1v) is 6.05. The number of carbonyl (C=O) groups excluding carboxylic acids is 1. The molecule has 0 radical (unpaired) electrons. The largest absolute Gasteiger partial charge is 0.383 e. The fourth-order valence-electron chi connectivity index (χ4n) is 1.51. The van der Waals surface area contributed by atoms with Crippen molar-refractivity contribution in [3.63, 3.8) is 0 Å². The quantitative estimate of drug-likeness (QED) is 0.777. The summed E-state index contributed by atoms with van der Waals surface area (Å²) in [4.78, 5) is 14.2. The van der Waals surface area contributed by atoms with Gasteiger partial charge >= 0.3 is 0 Å². The van der Waals surface area contributed by atoms with Crippen LogP contribution in [0.15, 0.2) is 18.3 Å². The molecule has 0 aromatic carbocycles. The molecule has 4 N–H and O–H groups in total. The first kappa shape index (κ1) is 11.7. The number of aromatic nitrogens is 2. The first-order valence-electron chi connectivity index (χ1n) is 5.24. The highest BCUT2D eigenvalue weighted by molar-refractivity contribution is 7.12. The van der Waals surface area contributed by atoms with Crippen LogP contribution in [0.4, 0.5) is 5.82 Å². The van der Waals surface area contributed by atoms with Crippen LogP contribution < -0.4 is 11.1 Å². The number of nitrogens with zero attached hydrogens (tertiary/aromatic N) is 1. The second-order valence-corrected chi connectivity index (χ2v) is 5.16. The van der Waals surface area contributed by atoms with E-state index >= 15 is 0 Å². The Balaban J connectivity index is 2.07. The molecule has 2 aromatic rings. The molecule has 5 nitrogen and oxygen atoms in total. The molecule has 1 unspecified atom stereocenters. The molecule has 0 saturated heterocycles. The van der Waals surface area contributed by atoms with Gasteiger partial charge in [0.1, 0.15) is 11.4 Å². The van der Waals surface area contributed by atoms with Gasteiger partial charge in [-0.25, -0.2) is 0 Å². The van der Waals surface area contributed by atoms with E-state index in [2.05, 4.69) is 15.5 Å². The molecule has 0 spiro atoms. The number of hydrogen-bond donors (Lipinski definition) is 3. The highest BCUT2D eigenvalue weighted by Crippen LogP contribution is 2.22. The maximum absolute atomic E-state index is 11.9. The number of nitrogens with two attached hydrogens (primary N) is 1. The SMILES string of the molecule is Cc1ccc(C(C)NC(=O)c2cn[nH]c2N)s1. The summed E-state index contributed by atoms with van der Waals surface area (Å²) in [7, 11) is 0. The zero-order valence-electron chi connectivity index (χ0n) is 9.65. The Bertz CT molecular complexity index is 531. The third-order valence-corrected chi connectivity index (χ3v) is 3.63. The molecular weight excluding hydrogens is 236 g/mol. The van der Waals surface area contributed by atoms with Crippen molar-refractivity contribution in [2.75, 3.05) is 5.73 Å². The minimum atomic E-state index is -0.213. The van der Waals surface area contributed by atoms with Crippen LogP contribution in [0, 0.1) is 6.92 Å². The van der Waals surface area contributed by atoms with Crippen LogP contribution in [0.1, 0.15) is 33.1 Å². The van der Waals surface area contributed by atoms with Gasteiger partial charge in [-0.2, -0.15) is 5.10 Å². The highest BCUT2D eigenvalue weighted by Gasteiger charge is 2.15. The third kappa shape index (κ3) is 2.47. The number of rotatable bonds is 3. The summed E-state index contributed by atoms with van der Waals surface area (Å²) >= 11 is 1.67. The summed E-state index contributed by atoms with van der Waals surface area (Å²) in [5, 5.41) is 9.14. The molecule has 0 aliphatic carbocycles. The fraction of sp³-hybridized carbons (Fsp3) is 0.273. The van der Waals surface area contributed by atoms with E-state index in [0.29, 0.717) is 5.56 Å². The molecule has 0 bridgehead atoms. The van der Waals surface area contributed by atoms with Gasteiger partial charge in [-0.05, 0) is 26.0 Å². The molecule has 1 atom stereocenters. The average molecular weight is 250 g/mol. The lowest BCUT2D eigenvalue weighted by atomic mass is 10.2. The van der Waals surface area contributed by atoms with Crippen LogP contribution >= 0.6 is 11.3 Å². The summed E-state index contributed by atoms with van der Waals surface area (Å²) in [6, 6.07) is 4.02. The second-order valence-electron chi connectivity index (χ2n) is 3.84. The second kappa shape index (κ2) is 4.58. The van der Waals surface area contributed by atoms with Crippen LogP contribution in [0.25, 0.3) is 0 Å². The van der Waals surface area contributed by atoms with E-state index in [1.807, 2.05) is 26.0 Å². The van der Waals surface area contributed by atoms with Gasteiger partial charge in [-0.1, -0.05) is 0 Å². The Hall–Kier alpha value is -1.82. The lowest BCUT2D eigenvalue weighted by molar-refractivity contribution is 0.0941. The van der Waals surface area contributed by atoms with Crippen LogP contribution in [0.5, 0.6) is 0 Å². The van der Waals surface area contributed by atoms with Crippen LogP contribution in [-0.2, 0) is 0 Å². The molecule has 2 heterocycles. The van der Waals surface area contributed by atoms with Crippen molar-refractivity contribution < 1.29 is 4.79 Å². The van der Waals surface area contributed by atoms with Crippen molar-refractivity contribution in [3.8, 4) is 0 Å². The Morgan fingerprint density at radius 1 is 1.59 bits per heavy atom. The van der Waals surface area contributed by atoms with Crippen molar-refractivity contribution in [2.24, 2.45) is 0 Å². The zero-order chi connectivity index (χ0) is 12.4. The number of H-pyrrole nitrogens is 1. The lowest BCUT2D eigenvalue weighted by Crippen LogP contribution is -2.26. The number of aromatic amines is 1. The first-order chi connectivity index (χ1) is 8.08. The average Bonchev–Trinajstić information content (AvgIpc) is 2.86. The van der Waals surface area contributed by atoms with E-state index < -0.39 is 0 Å². The Kier molecular flexibility index (Phi) is 3.14. The number of thiophene rings is 1. The van der Waals surface area contributed by atoms with Gasteiger partial charge < -0.3 is 11.1 Å². The number of carbonyl (C=O) groups is 1. The monoisotopic (exact) mass is 250 g/mol. The minimum Gasteiger partial charge on any atom is -0.383 e. The van der Waals surface area contributed by atoms with Gasteiger partial charge in [-0.3, -0.25) is 9.89 Å². The summed E-state index contributed by atoms with van der Waals surface area (Å²) in [5.41, 5.74) is 5.96. The van der Waals surface area contributed by atoms with Crippen molar-refractivity contribution >= 4 is 23.1 Å².